The Bertz CT molecular complexity index is 390. The normalized spacial score (nSPS) is 10.5. The molecule has 1 aromatic carbocycles. The van der Waals surface area contributed by atoms with Gasteiger partial charge >= 0.3 is 0 Å². The molecule has 0 aromatic heterocycles. The lowest BCUT2D eigenvalue weighted by atomic mass is 10.0. The molecule has 4 heteroatoms. The summed E-state index contributed by atoms with van der Waals surface area (Å²) in [5.41, 5.74) is 14.0. The molecule has 1 aromatic rings. The Balaban J connectivity index is 2.66. The first-order valence-electron chi connectivity index (χ1n) is 4.76. The van der Waals surface area contributed by atoms with Gasteiger partial charge < -0.3 is 11.5 Å². The standard InChI is InChI=1S/C11H16N4/c1-8-3-4-10(9(2)7-8)5-6-14-15-11(12)13/h3-4,6-7H,5H2,1-2H3,(H4,12,13,15)/b14-6+. The summed E-state index contributed by atoms with van der Waals surface area (Å²) in [5.74, 6) is -0.0214. The Kier molecular flexibility index (Phi) is 3.85. The SMILES string of the molecule is Cc1ccc(C/C=N/N=C(N)N)c(C)c1. The average Bonchev–Trinajstić information content (AvgIpc) is 2.14. The van der Waals surface area contributed by atoms with Crippen molar-refractivity contribution in [2.75, 3.05) is 0 Å². The van der Waals surface area contributed by atoms with E-state index in [0.717, 1.165) is 6.42 Å². The molecule has 0 radical (unpaired) electrons. The van der Waals surface area contributed by atoms with E-state index in [1.165, 1.54) is 16.7 Å². The summed E-state index contributed by atoms with van der Waals surface area (Å²) in [4.78, 5) is 0. The van der Waals surface area contributed by atoms with Crippen molar-refractivity contribution < 1.29 is 0 Å². The van der Waals surface area contributed by atoms with Crippen LogP contribution in [-0.4, -0.2) is 12.2 Å². The molecule has 0 aliphatic heterocycles. The predicted octanol–water partition coefficient (Wildman–Crippen LogP) is 1.11. The summed E-state index contributed by atoms with van der Waals surface area (Å²) in [6, 6.07) is 6.31. The molecule has 0 amide bonds. The monoisotopic (exact) mass is 204 g/mol. The maximum atomic E-state index is 5.14. The molecular weight excluding hydrogens is 188 g/mol. The number of nitrogens with two attached hydrogens (primary N) is 2. The number of benzene rings is 1. The van der Waals surface area contributed by atoms with Gasteiger partial charge in [0.1, 0.15) is 0 Å². The van der Waals surface area contributed by atoms with Gasteiger partial charge in [-0.1, -0.05) is 23.8 Å². The number of aryl methyl sites for hydroxylation is 2. The van der Waals surface area contributed by atoms with Gasteiger partial charge in [0.25, 0.3) is 0 Å². The van der Waals surface area contributed by atoms with Crippen LogP contribution >= 0.6 is 0 Å². The van der Waals surface area contributed by atoms with Gasteiger partial charge in [0.15, 0.2) is 0 Å². The number of guanidine groups is 1. The molecule has 0 aliphatic carbocycles. The van der Waals surface area contributed by atoms with Gasteiger partial charge in [-0.15, -0.1) is 5.10 Å². The Morgan fingerprint density at radius 1 is 1.33 bits per heavy atom. The number of rotatable bonds is 3. The second-order valence-corrected chi connectivity index (χ2v) is 3.46. The average molecular weight is 204 g/mol. The molecule has 80 valence electrons. The predicted molar refractivity (Wildman–Crippen MR) is 63.9 cm³/mol. The third-order valence-corrected chi connectivity index (χ3v) is 2.06. The minimum atomic E-state index is -0.0214. The lowest BCUT2D eigenvalue weighted by Crippen LogP contribution is -2.21. The van der Waals surface area contributed by atoms with Crippen LogP contribution in [0.3, 0.4) is 0 Å². The van der Waals surface area contributed by atoms with Crippen LogP contribution in [0.2, 0.25) is 0 Å². The third-order valence-electron chi connectivity index (χ3n) is 2.06. The molecule has 0 spiro atoms. The van der Waals surface area contributed by atoms with E-state index >= 15 is 0 Å². The Hall–Kier alpha value is -1.84. The highest BCUT2D eigenvalue weighted by atomic mass is 15.3. The largest absolute Gasteiger partial charge is 0.369 e. The number of hydrogen-bond donors (Lipinski definition) is 2. The van der Waals surface area contributed by atoms with Crippen molar-refractivity contribution in [1.29, 1.82) is 0 Å². The lowest BCUT2D eigenvalue weighted by molar-refractivity contribution is 1.18. The Morgan fingerprint density at radius 2 is 2.07 bits per heavy atom. The molecular formula is C11H16N4. The second kappa shape index (κ2) is 5.14. The van der Waals surface area contributed by atoms with Crippen LogP contribution in [0.4, 0.5) is 0 Å². The van der Waals surface area contributed by atoms with Gasteiger partial charge in [-0.3, -0.25) is 0 Å². The van der Waals surface area contributed by atoms with Crippen molar-refractivity contribution >= 4 is 12.2 Å². The molecule has 0 aliphatic rings. The van der Waals surface area contributed by atoms with Crippen LogP contribution in [-0.2, 0) is 6.42 Å². The zero-order valence-electron chi connectivity index (χ0n) is 9.07. The lowest BCUT2D eigenvalue weighted by Gasteiger charge is -2.02. The molecule has 0 bridgehead atoms. The van der Waals surface area contributed by atoms with E-state index in [1.54, 1.807) is 6.21 Å². The van der Waals surface area contributed by atoms with E-state index in [0.29, 0.717) is 0 Å². The zero-order chi connectivity index (χ0) is 11.3. The van der Waals surface area contributed by atoms with Gasteiger partial charge in [0, 0.05) is 12.6 Å². The maximum Gasteiger partial charge on any atom is 0.211 e. The highest BCUT2D eigenvalue weighted by Gasteiger charge is 1.95. The molecule has 0 saturated heterocycles. The summed E-state index contributed by atoms with van der Waals surface area (Å²) in [5, 5.41) is 7.27. The molecule has 0 heterocycles. The van der Waals surface area contributed by atoms with Crippen molar-refractivity contribution in [3.05, 3.63) is 34.9 Å². The van der Waals surface area contributed by atoms with E-state index in [1.807, 2.05) is 0 Å². The summed E-state index contributed by atoms with van der Waals surface area (Å²) < 4.78 is 0. The van der Waals surface area contributed by atoms with Crippen molar-refractivity contribution in [3.8, 4) is 0 Å². The molecule has 0 unspecified atom stereocenters. The first kappa shape index (κ1) is 11.2. The van der Waals surface area contributed by atoms with Crippen molar-refractivity contribution in [3.63, 3.8) is 0 Å². The van der Waals surface area contributed by atoms with E-state index in [2.05, 4.69) is 42.2 Å². The first-order valence-corrected chi connectivity index (χ1v) is 4.76. The van der Waals surface area contributed by atoms with Crippen LogP contribution in [0.25, 0.3) is 0 Å². The van der Waals surface area contributed by atoms with E-state index in [9.17, 15) is 0 Å². The third kappa shape index (κ3) is 3.81. The molecule has 0 saturated carbocycles. The highest BCUT2D eigenvalue weighted by Crippen LogP contribution is 2.10. The molecule has 4 nitrogen and oxygen atoms in total. The van der Waals surface area contributed by atoms with Crippen LogP contribution in [0.5, 0.6) is 0 Å². The van der Waals surface area contributed by atoms with Crippen LogP contribution < -0.4 is 11.5 Å². The minimum Gasteiger partial charge on any atom is -0.369 e. The van der Waals surface area contributed by atoms with E-state index in [4.69, 9.17) is 11.5 Å². The van der Waals surface area contributed by atoms with Crippen LogP contribution in [0.1, 0.15) is 16.7 Å². The summed E-state index contributed by atoms with van der Waals surface area (Å²) in [7, 11) is 0. The molecule has 4 N–H and O–H groups in total. The topological polar surface area (TPSA) is 76.8 Å². The summed E-state index contributed by atoms with van der Waals surface area (Å²) in [6.07, 6.45) is 2.43. The summed E-state index contributed by atoms with van der Waals surface area (Å²) in [6.45, 7) is 4.15. The van der Waals surface area contributed by atoms with Gasteiger partial charge in [-0.25, -0.2) is 0 Å². The van der Waals surface area contributed by atoms with Crippen LogP contribution in [0, 0.1) is 13.8 Å². The molecule has 0 atom stereocenters. The van der Waals surface area contributed by atoms with Gasteiger partial charge in [-0.05, 0) is 25.0 Å². The fraction of sp³-hybridized carbons (Fsp3) is 0.273. The Labute approximate surface area is 89.7 Å². The van der Waals surface area contributed by atoms with Crippen molar-refractivity contribution in [2.45, 2.75) is 20.3 Å². The fourth-order valence-electron chi connectivity index (χ4n) is 1.32. The second-order valence-electron chi connectivity index (χ2n) is 3.46. The molecule has 1 rings (SSSR count). The minimum absolute atomic E-state index is 0.0214. The summed E-state index contributed by atoms with van der Waals surface area (Å²) >= 11 is 0. The molecule has 15 heavy (non-hydrogen) atoms. The number of hydrogen-bond acceptors (Lipinski definition) is 2. The van der Waals surface area contributed by atoms with Crippen molar-refractivity contribution in [2.24, 2.45) is 21.7 Å². The number of nitrogens with zero attached hydrogens (tertiary/aromatic N) is 2. The fourth-order valence-corrected chi connectivity index (χ4v) is 1.32. The molecule has 0 fully saturated rings. The maximum absolute atomic E-state index is 5.14. The van der Waals surface area contributed by atoms with E-state index in [-0.39, 0.29) is 5.96 Å². The Morgan fingerprint density at radius 3 is 2.67 bits per heavy atom. The van der Waals surface area contributed by atoms with E-state index < -0.39 is 0 Å². The first-order chi connectivity index (χ1) is 7.09. The van der Waals surface area contributed by atoms with Gasteiger partial charge in [-0.2, -0.15) is 5.10 Å². The van der Waals surface area contributed by atoms with Gasteiger partial charge in [0.2, 0.25) is 5.96 Å². The zero-order valence-corrected chi connectivity index (χ0v) is 9.07. The van der Waals surface area contributed by atoms with Crippen molar-refractivity contribution in [1.82, 2.24) is 0 Å². The van der Waals surface area contributed by atoms with Crippen LogP contribution in [0.15, 0.2) is 28.4 Å². The smallest absolute Gasteiger partial charge is 0.211 e. The van der Waals surface area contributed by atoms with Gasteiger partial charge in [0.05, 0.1) is 0 Å². The quantitative estimate of drug-likeness (QED) is 0.439. The highest BCUT2D eigenvalue weighted by molar-refractivity contribution is 5.76.